The molecule has 1 N–H and O–H groups in total. The van der Waals surface area contributed by atoms with E-state index in [9.17, 15) is 9.50 Å². The minimum Gasteiger partial charge on any atom is -0.496 e. The summed E-state index contributed by atoms with van der Waals surface area (Å²) in [7, 11) is 1.53. The zero-order valence-corrected chi connectivity index (χ0v) is 10.8. The Labute approximate surface area is 111 Å². The van der Waals surface area contributed by atoms with E-state index in [1.807, 2.05) is 0 Å². The van der Waals surface area contributed by atoms with Crippen LogP contribution in [0.4, 0.5) is 4.39 Å². The summed E-state index contributed by atoms with van der Waals surface area (Å²) in [6.45, 7) is 1.63. The summed E-state index contributed by atoms with van der Waals surface area (Å²) in [4.78, 5) is 0. The lowest BCUT2D eigenvalue weighted by atomic mass is 10.1. The number of hydrogen-bond acceptors (Lipinski definition) is 3. The first-order valence-corrected chi connectivity index (χ1v) is 5.90. The molecule has 0 aliphatic carbocycles. The van der Waals surface area contributed by atoms with Gasteiger partial charge in [0.15, 0.2) is 0 Å². The molecule has 0 aliphatic rings. The highest BCUT2D eigenvalue weighted by molar-refractivity contribution is 5.47. The van der Waals surface area contributed by atoms with Gasteiger partial charge >= 0.3 is 0 Å². The maximum atomic E-state index is 12.8. The van der Waals surface area contributed by atoms with E-state index in [1.165, 1.54) is 31.4 Å². The molecule has 0 saturated carbocycles. The van der Waals surface area contributed by atoms with Gasteiger partial charge in [-0.3, -0.25) is 0 Å². The second kappa shape index (κ2) is 5.71. The highest BCUT2D eigenvalue weighted by Crippen LogP contribution is 2.36. The molecule has 0 amide bonds. The number of hydrogen-bond donors (Lipinski definition) is 1. The fourth-order valence-electron chi connectivity index (χ4n) is 1.83. The lowest BCUT2D eigenvalue weighted by Gasteiger charge is -2.16. The van der Waals surface area contributed by atoms with Crippen LogP contribution < -0.4 is 9.47 Å². The normalized spacial score (nSPS) is 12.0. The van der Waals surface area contributed by atoms with Crippen molar-refractivity contribution in [1.82, 2.24) is 0 Å². The van der Waals surface area contributed by atoms with Crippen molar-refractivity contribution in [3.63, 3.8) is 0 Å². The van der Waals surface area contributed by atoms with E-state index in [2.05, 4.69) is 0 Å². The Bertz CT molecular complexity index is 550. The van der Waals surface area contributed by atoms with E-state index in [0.29, 0.717) is 22.8 Å². The molecule has 4 heteroatoms. The van der Waals surface area contributed by atoms with Crippen LogP contribution >= 0.6 is 0 Å². The molecule has 2 aromatic carbocycles. The predicted octanol–water partition coefficient (Wildman–Crippen LogP) is 3.68. The highest BCUT2D eigenvalue weighted by atomic mass is 19.1. The third kappa shape index (κ3) is 3.03. The predicted molar refractivity (Wildman–Crippen MR) is 70.1 cm³/mol. The molecule has 0 heterocycles. The summed E-state index contributed by atoms with van der Waals surface area (Å²) in [5.74, 6) is 1.21. The van der Waals surface area contributed by atoms with Gasteiger partial charge in [-0.25, -0.2) is 4.39 Å². The van der Waals surface area contributed by atoms with Crippen LogP contribution in [0.25, 0.3) is 0 Å². The van der Waals surface area contributed by atoms with Crippen LogP contribution in [-0.2, 0) is 0 Å². The van der Waals surface area contributed by atoms with E-state index >= 15 is 0 Å². The molecule has 0 radical (unpaired) electrons. The molecule has 100 valence electrons. The smallest absolute Gasteiger partial charge is 0.136 e. The minimum absolute atomic E-state index is 0.325. The quantitative estimate of drug-likeness (QED) is 0.913. The van der Waals surface area contributed by atoms with Crippen molar-refractivity contribution in [3.05, 3.63) is 53.8 Å². The molecule has 2 rings (SSSR count). The van der Waals surface area contributed by atoms with Gasteiger partial charge in [0, 0.05) is 0 Å². The lowest BCUT2D eigenvalue weighted by Crippen LogP contribution is -2.00. The number of aliphatic hydroxyl groups excluding tert-OH is 1. The maximum Gasteiger partial charge on any atom is 0.136 e. The number of halogens is 1. The molecule has 0 spiro atoms. The third-order valence-electron chi connectivity index (χ3n) is 2.71. The van der Waals surface area contributed by atoms with Crippen molar-refractivity contribution >= 4 is 0 Å². The van der Waals surface area contributed by atoms with E-state index in [0.717, 1.165) is 0 Å². The average molecular weight is 262 g/mol. The molecular weight excluding hydrogens is 247 g/mol. The first kappa shape index (κ1) is 13.4. The zero-order chi connectivity index (χ0) is 13.8. The van der Waals surface area contributed by atoms with Gasteiger partial charge < -0.3 is 14.6 Å². The monoisotopic (exact) mass is 262 g/mol. The van der Waals surface area contributed by atoms with Gasteiger partial charge in [-0.1, -0.05) is 6.07 Å². The molecule has 0 aliphatic heterocycles. The molecule has 19 heavy (non-hydrogen) atoms. The van der Waals surface area contributed by atoms with Crippen molar-refractivity contribution in [2.24, 2.45) is 0 Å². The van der Waals surface area contributed by atoms with Crippen molar-refractivity contribution < 1.29 is 19.0 Å². The van der Waals surface area contributed by atoms with Gasteiger partial charge in [0.05, 0.1) is 18.8 Å². The number of ether oxygens (including phenoxy) is 2. The van der Waals surface area contributed by atoms with Crippen molar-refractivity contribution in [2.75, 3.05) is 7.11 Å². The maximum absolute atomic E-state index is 12.8. The summed E-state index contributed by atoms with van der Waals surface area (Å²) >= 11 is 0. The standard InChI is InChI=1S/C15H15FO3/c1-10(17)15-13(18-2)4-3-5-14(15)19-12-8-6-11(16)7-9-12/h3-10,17H,1-2H3/t10-/m1/s1. The Balaban J connectivity index is 2.36. The lowest BCUT2D eigenvalue weighted by molar-refractivity contribution is 0.190. The Morgan fingerprint density at radius 3 is 2.26 bits per heavy atom. The summed E-state index contributed by atoms with van der Waals surface area (Å²) in [6, 6.07) is 10.9. The van der Waals surface area contributed by atoms with Crippen molar-refractivity contribution in [2.45, 2.75) is 13.0 Å². The van der Waals surface area contributed by atoms with Gasteiger partial charge in [-0.05, 0) is 43.3 Å². The summed E-state index contributed by atoms with van der Waals surface area (Å²) in [5, 5.41) is 9.82. The second-order valence-corrected chi connectivity index (χ2v) is 4.10. The van der Waals surface area contributed by atoms with Crippen LogP contribution in [0.2, 0.25) is 0 Å². The molecule has 2 aromatic rings. The van der Waals surface area contributed by atoms with Crippen molar-refractivity contribution in [1.29, 1.82) is 0 Å². The van der Waals surface area contributed by atoms with E-state index < -0.39 is 6.10 Å². The number of benzene rings is 2. The summed E-state index contributed by atoms with van der Waals surface area (Å²) in [6.07, 6.45) is -0.730. The fraction of sp³-hybridized carbons (Fsp3) is 0.200. The average Bonchev–Trinajstić information content (AvgIpc) is 2.40. The first-order valence-electron chi connectivity index (χ1n) is 5.90. The molecular formula is C15H15FO3. The molecule has 0 bridgehead atoms. The Morgan fingerprint density at radius 2 is 1.68 bits per heavy atom. The summed E-state index contributed by atoms with van der Waals surface area (Å²) in [5.41, 5.74) is 0.564. The minimum atomic E-state index is -0.730. The Kier molecular flexibility index (Phi) is 4.02. The Hall–Kier alpha value is -2.07. The van der Waals surface area contributed by atoms with E-state index in [-0.39, 0.29) is 5.82 Å². The van der Waals surface area contributed by atoms with Gasteiger partial charge in [-0.2, -0.15) is 0 Å². The molecule has 1 atom stereocenters. The number of methoxy groups -OCH3 is 1. The van der Waals surface area contributed by atoms with Gasteiger partial charge in [-0.15, -0.1) is 0 Å². The van der Waals surface area contributed by atoms with Crippen LogP contribution in [0.5, 0.6) is 17.2 Å². The fourth-order valence-corrected chi connectivity index (χ4v) is 1.83. The SMILES string of the molecule is COc1cccc(Oc2ccc(F)cc2)c1[C@@H](C)O. The Morgan fingerprint density at radius 1 is 1.05 bits per heavy atom. The third-order valence-corrected chi connectivity index (χ3v) is 2.71. The van der Waals surface area contributed by atoms with Crippen molar-refractivity contribution in [3.8, 4) is 17.2 Å². The topological polar surface area (TPSA) is 38.7 Å². The van der Waals surface area contributed by atoms with Crippen LogP contribution in [0, 0.1) is 5.82 Å². The molecule has 0 aromatic heterocycles. The van der Waals surface area contributed by atoms with Crippen LogP contribution in [0.15, 0.2) is 42.5 Å². The highest BCUT2D eigenvalue weighted by Gasteiger charge is 2.15. The number of aliphatic hydroxyl groups is 1. The molecule has 0 fully saturated rings. The largest absolute Gasteiger partial charge is 0.496 e. The molecule has 0 saturated heterocycles. The van der Waals surface area contributed by atoms with Crippen LogP contribution in [0.3, 0.4) is 0 Å². The second-order valence-electron chi connectivity index (χ2n) is 4.10. The van der Waals surface area contributed by atoms with Gasteiger partial charge in [0.2, 0.25) is 0 Å². The van der Waals surface area contributed by atoms with Gasteiger partial charge in [0.1, 0.15) is 23.1 Å². The summed E-state index contributed by atoms with van der Waals surface area (Å²) < 4.78 is 23.7. The first-order chi connectivity index (χ1) is 9.11. The molecule has 3 nitrogen and oxygen atoms in total. The zero-order valence-electron chi connectivity index (χ0n) is 10.8. The van der Waals surface area contributed by atoms with E-state index in [4.69, 9.17) is 9.47 Å². The van der Waals surface area contributed by atoms with Crippen LogP contribution in [-0.4, -0.2) is 12.2 Å². The number of rotatable bonds is 4. The van der Waals surface area contributed by atoms with Crippen LogP contribution in [0.1, 0.15) is 18.6 Å². The molecule has 0 unspecified atom stereocenters. The van der Waals surface area contributed by atoms with E-state index in [1.54, 1.807) is 25.1 Å². The van der Waals surface area contributed by atoms with Gasteiger partial charge in [0.25, 0.3) is 0 Å².